The van der Waals surface area contributed by atoms with Crippen LogP contribution in [0.3, 0.4) is 0 Å². The zero-order valence-electron chi connectivity index (χ0n) is 11.2. The molecule has 2 nitrogen and oxygen atoms in total. The van der Waals surface area contributed by atoms with Crippen LogP contribution >= 0.6 is 0 Å². The predicted octanol–water partition coefficient (Wildman–Crippen LogP) is 3.56. The van der Waals surface area contributed by atoms with E-state index < -0.39 is 11.6 Å². The van der Waals surface area contributed by atoms with E-state index in [9.17, 15) is 13.6 Å². The lowest BCUT2D eigenvalue weighted by atomic mass is 10.0. The van der Waals surface area contributed by atoms with E-state index in [4.69, 9.17) is 0 Å². The van der Waals surface area contributed by atoms with Gasteiger partial charge in [0.15, 0.2) is 0 Å². The zero-order valence-corrected chi connectivity index (χ0v) is 11.2. The van der Waals surface area contributed by atoms with E-state index in [1.165, 1.54) is 0 Å². The number of hydrogen-bond donors (Lipinski definition) is 0. The number of rotatable bonds is 3. The van der Waals surface area contributed by atoms with Crippen LogP contribution in [0.4, 0.5) is 8.78 Å². The summed E-state index contributed by atoms with van der Waals surface area (Å²) in [6.07, 6.45) is 2.54. The van der Waals surface area contributed by atoms with E-state index in [-0.39, 0.29) is 18.2 Å². The largest absolute Gasteiger partial charge is 0.330 e. The number of halogens is 2. The van der Waals surface area contributed by atoms with Crippen LogP contribution in [-0.4, -0.2) is 17.9 Å². The van der Waals surface area contributed by atoms with Crippen molar-refractivity contribution in [2.24, 2.45) is 0 Å². The van der Waals surface area contributed by atoms with Gasteiger partial charge in [-0.05, 0) is 29.3 Å². The van der Waals surface area contributed by atoms with E-state index in [0.717, 1.165) is 30.2 Å². The van der Waals surface area contributed by atoms with Gasteiger partial charge >= 0.3 is 0 Å². The Kier molecular flexibility index (Phi) is 3.52. The molecule has 0 unspecified atom stereocenters. The number of carbonyl (C=O) groups excluding carboxylic acids is 1. The Bertz CT molecular complexity index is 697. The van der Waals surface area contributed by atoms with Crippen LogP contribution in [0.5, 0.6) is 0 Å². The van der Waals surface area contributed by atoms with E-state index in [1.54, 1.807) is 4.90 Å². The summed E-state index contributed by atoms with van der Waals surface area (Å²) in [5, 5.41) is 0. The first-order chi connectivity index (χ1) is 10.2. The number of amides is 1. The normalized spacial score (nSPS) is 17.7. The predicted molar refractivity (Wildman–Crippen MR) is 76.3 cm³/mol. The average Bonchev–Trinajstić information content (AvgIpc) is 2.94. The minimum Gasteiger partial charge on any atom is -0.330 e. The summed E-state index contributed by atoms with van der Waals surface area (Å²) in [6, 6.07) is 12.6. The van der Waals surface area contributed by atoms with E-state index in [0.29, 0.717) is 5.57 Å². The van der Waals surface area contributed by atoms with Gasteiger partial charge in [-0.3, -0.25) is 4.79 Å². The second kappa shape index (κ2) is 5.48. The molecule has 0 spiro atoms. The Morgan fingerprint density at radius 2 is 1.86 bits per heavy atom. The van der Waals surface area contributed by atoms with Gasteiger partial charge in [-0.15, -0.1) is 0 Å². The van der Waals surface area contributed by atoms with Crippen LogP contribution in [0.15, 0.2) is 54.6 Å². The van der Waals surface area contributed by atoms with Crippen molar-refractivity contribution >= 4 is 12.0 Å². The average molecular weight is 285 g/mol. The van der Waals surface area contributed by atoms with Gasteiger partial charge in [-0.25, -0.2) is 8.78 Å². The Morgan fingerprint density at radius 1 is 1.10 bits per heavy atom. The van der Waals surface area contributed by atoms with Gasteiger partial charge in [0.05, 0.1) is 6.04 Å². The standard InChI is InChI=1S/C17H13F2NO/c18-14-6-7-16(19)15(9-14)13-8-17(20(10-13)11-21)12-4-2-1-3-5-12/h1-9,11,17H,10H2/t17-/m0/s1. The van der Waals surface area contributed by atoms with Crippen molar-refractivity contribution in [1.29, 1.82) is 0 Å². The highest BCUT2D eigenvalue weighted by molar-refractivity contribution is 5.74. The van der Waals surface area contributed by atoms with Crippen LogP contribution in [0.1, 0.15) is 17.2 Å². The highest BCUT2D eigenvalue weighted by atomic mass is 19.1. The molecule has 0 saturated heterocycles. The van der Waals surface area contributed by atoms with E-state index in [1.807, 2.05) is 36.4 Å². The van der Waals surface area contributed by atoms with E-state index in [2.05, 4.69) is 0 Å². The molecule has 0 radical (unpaired) electrons. The third-order valence-corrected chi connectivity index (χ3v) is 3.62. The number of benzene rings is 2. The first kappa shape index (κ1) is 13.5. The molecular weight excluding hydrogens is 272 g/mol. The number of nitrogens with zero attached hydrogens (tertiary/aromatic N) is 1. The molecule has 0 saturated carbocycles. The molecule has 0 N–H and O–H groups in total. The SMILES string of the molecule is O=CN1CC(c2cc(F)ccc2F)=C[C@H]1c1ccccc1. The molecular formula is C17H13F2NO. The molecule has 3 rings (SSSR count). The summed E-state index contributed by atoms with van der Waals surface area (Å²) in [4.78, 5) is 12.8. The highest BCUT2D eigenvalue weighted by Gasteiger charge is 2.26. The molecule has 106 valence electrons. The first-order valence-corrected chi connectivity index (χ1v) is 6.61. The lowest BCUT2D eigenvalue weighted by Gasteiger charge is -2.19. The lowest BCUT2D eigenvalue weighted by Crippen LogP contribution is -2.22. The van der Waals surface area contributed by atoms with Crippen molar-refractivity contribution in [2.75, 3.05) is 6.54 Å². The number of carbonyl (C=O) groups is 1. The molecule has 2 aromatic rings. The van der Waals surface area contributed by atoms with Crippen molar-refractivity contribution in [3.05, 3.63) is 77.4 Å². The summed E-state index contributed by atoms with van der Waals surface area (Å²) < 4.78 is 27.2. The fourth-order valence-corrected chi connectivity index (χ4v) is 2.59. The summed E-state index contributed by atoms with van der Waals surface area (Å²) >= 11 is 0. The maximum absolute atomic E-state index is 13.9. The molecule has 0 fully saturated rings. The van der Waals surface area contributed by atoms with E-state index >= 15 is 0 Å². The minimum absolute atomic E-state index is 0.209. The molecule has 1 aliphatic heterocycles. The maximum atomic E-state index is 13.9. The third kappa shape index (κ3) is 2.57. The molecule has 4 heteroatoms. The minimum atomic E-state index is -0.492. The van der Waals surface area contributed by atoms with Crippen molar-refractivity contribution in [3.63, 3.8) is 0 Å². The van der Waals surface area contributed by atoms with Gasteiger partial charge in [0.2, 0.25) is 6.41 Å². The molecule has 1 atom stereocenters. The summed E-state index contributed by atoms with van der Waals surface area (Å²) in [7, 11) is 0. The van der Waals surface area contributed by atoms with Gasteiger partial charge in [-0.1, -0.05) is 36.4 Å². The van der Waals surface area contributed by atoms with Crippen LogP contribution < -0.4 is 0 Å². The molecule has 0 aliphatic carbocycles. The van der Waals surface area contributed by atoms with Crippen LogP contribution in [0.2, 0.25) is 0 Å². The Labute approximate surface area is 121 Å². The lowest BCUT2D eigenvalue weighted by molar-refractivity contribution is -0.118. The van der Waals surface area contributed by atoms with Crippen molar-refractivity contribution in [1.82, 2.24) is 4.90 Å². The van der Waals surface area contributed by atoms with Crippen molar-refractivity contribution in [2.45, 2.75) is 6.04 Å². The fraction of sp³-hybridized carbons (Fsp3) is 0.118. The summed E-state index contributed by atoms with van der Waals surface area (Å²) in [6.45, 7) is 0.267. The van der Waals surface area contributed by atoms with Gasteiger partial charge in [0.1, 0.15) is 11.6 Å². The Morgan fingerprint density at radius 3 is 2.57 bits per heavy atom. The fourth-order valence-electron chi connectivity index (χ4n) is 2.59. The molecule has 0 bridgehead atoms. The van der Waals surface area contributed by atoms with Crippen LogP contribution in [-0.2, 0) is 4.79 Å². The van der Waals surface area contributed by atoms with Crippen LogP contribution in [0, 0.1) is 11.6 Å². The molecule has 2 aromatic carbocycles. The van der Waals surface area contributed by atoms with Crippen molar-refractivity contribution in [3.8, 4) is 0 Å². The van der Waals surface area contributed by atoms with Gasteiger partial charge in [0, 0.05) is 12.1 Å². The Hall–Kier alpha value is -2.49. The monoisotopic (exact) mass is 285 g/mol. The molecule has 1 heterocycles. The maximum Gasteiger partial charge on any atom is 0.210 e. The van der Waals surface area contributed by atoms with Gasteiger partial charge < -0.3 is 4.90 Å². The zero-order chi connectivity index (χ0) is 14.8. The molecule has 1 amide bonds. The highest BCUT2D eigenvalue weighted by Crippen LogP contribution is 2.34. The summed E-state index contributed by atoms with van der Waals surface area (Å²) in [5.74, 6) is -0.977. The third-order valence-electron chi connectivity index (χ3n) is 3.62. The molecule has 0 aromatic heterocycles. The quantitative estimate of drug-likeness (QED) is 0.790. The van der Waals surface area contributed by atoms with Crippen LogP contribution in [0.25, 0.3) is 5.57 Å². The Balaban J connectivity index is 2.01. The number of hydrogen-bond acceptors (Lipinski definition) is 1. The van der Waals surface area contributed by atoms with Gasteiger partial charge in [-0.2, -0.15) is 0 Å². The second-order valence-corrected chi connectivity index (χ2v) is 4.95. The van der Waals surface area contributed by atoms with Gasteiger partial charge in [0.25, 0.3) is 0 Å². The smallest absolute Gasteiger partial charge is 0.210 e. The molecule has 21 heavy (non-hydrogen) atoms. The van der Waals surface area contributed by atoms with Crippen molar-refractivity contribution < 1.29 is 13.6 Å². The molecule has 1 aliphatic rings. The summed E-state index contributed by atoms with van der Waals surface area (Å²) in [5.41, 5.74) is 1.77. The second-order valence-electron chi connectivity index (χ2n) is 4.95. The first-order valence-electron chi connectivity index (χ1n) is 6.61. The topological polar surface area (TPSA) is 20.3 Å².